The van der Waals surface area contributed by atoms with Gasteiger partial charge in [0.1, 0.15) is 5.75 Å². The van der Waals surface area contributed by atoms with Crippen molar-refractivity contribution in [2.24, 2.45) is 0 Å². The van der Waals surface area contributed by atoms with E-state index in [2.05, 4.69) is 21.2 Å². The van der Waals surface area contributed by atoms with Gasteiger partial charge in [0.2, 0.25) is 0 Å². The summed E-state index contributed by atoms with van der Waals surface area (Å²) in [5.74, 6) is 0.245. The number of aromatic hydroxyl groups is 1. The summed E-state index contributed by atoms with van der Waals surface area (Å²) in [4.78, 5) is 0. The minimum Gasteiger partial charge on any atom is -0.507 e. The molecule has 0 bridgehead atoms. The minimum absolute atomic E-state index is 0.0604. The van der Waals surface area contributed by atoms with Gasteiger partial charge in [0, 0.05) is 13.1 Å². The number of hydrogen-bond donors (Lipinski definition) is 3. The molecule has 90 valence electrons. The Morgan fingerprint density at radius 3 is 2.81 bits per heavy atom. The Kier molecular flexibility index (Phi) is 6.40. The molecule has 16 heavy (non-hydrogen) atoms. The minimum atomic E-state index is 0.0604. The summed E-state index contributed by atoms with van der Waals surface area (Å²) in [6, 6.07) is 5.39. The van der Waals surface area contributed by atoms with E-state index < -0.39 is 0 Å². The predicted octanol–water partition coefficient (Wildman–Crippen LogP) is 1.25. The fraction of sp³-hybridized carbons (Fsp3) is 0.455. The molecule has 0 aromatic heterocycles. The molecule has 0 saturated carbocycles. The van der Waals surface area contributed by atoms with Gasteiger partial charge in [-0.2, -0.15) is 0 Å². The smallest absolute Gasteiger partial charge is 0.129 e. The van der Waals surface area contributed by atoms with Gasteiger partial charge in [0.15, 0.2) is 0 Å². The highest BCUT2D eigenvalue weighted by Gasteiger charge is 1.98. The summed E-state index contributed by atoms with van der Waals surface area (Å²) in [5.41, 5.74) is 1.09. The van der Waals surface area contributed by atoms with Gasteiger partial charge >= 0.3 is 0 Å². The van der Waals surface area contributed by atoms with Gasteiger partial charge in [-0.1, -0.05) is 6.07 Å². The van der Waals surface area contributed by atoms with Crippen molar-refractivity contribution in [3.8, 4) is 5.75 Å². The van der Waals surface area contributed by atoms with Gasteiger partial charge in [0.25, 0.3) is 0 Å². The maximum Gasteiger partial charge on any atom is 0.129 e. The number of nitrogens with one attached hydrogen (secondary N) is 1. The van der Waals surface area contributed by atoms with Crippen LogP contribution in [0.5, 0.6) is 5.75 Å². The first kappa shape index (κ1) is 13.4. The molecule has 0 aliphatic carbocycles. The monoisotopic (exact) mass is 289 g/mol. The third kappa shape index (κ3) is 4.94. The number of halogens is 1. The van der Waals surface area contributed by atoms with Gasteiger partial charge < -0.3 is 20.3 Å². The van der Waals surface area contributed by atoms with E-state index >= 15 is 0 Å². The third-order valence-corrected chi connectivity index (χ3v) is 2.64. The van der Waals surface area contributed by atoms with Crippen LogP contribution < -0.4 is 5.32 Å². The molecular weight excluding hydrogens is 274 g/mol. The van der Waals surface area contributed by atoms with Crippen LogP contribution in [0.25, 0.3) is 0 Å². The van der Waals surface area contributed by atoms with Crippen LogP contribution in [-0.2, 0) is 11.3 Å². The molecule has 0 unspecified atom stereocenters. The van der Waals surface area contributed by atoms with Crippen molar-refractivity contribution >= 4 is 15.9 Å². The highest BCUT2D eigenvalue weighted by atomic mass is 79.9. The van der Waals surface area contributed by atoms with Gasteiger partial charge in [-0.3, -0.25) is 0 Å². The van der Waals surface area contributed by atoms with Crippen molar-refractivity contribution in [1.29, 1.82) is 0 Å². The molecule has 0 amide bonds. The zero-order valence-electron chi connectivity index (χ0n) is 8.95. The Bertz CT molecular complexity index is 320. The van der Waals surface area contributed by atoms with Crippen LogP contribution in [0.1, 0.15) is 5.56 Å². The number of benzene rings is 1. The van der Waals surface area contributed by atoms with E-state index in [1.165, 1.54) is 0 Å². The standard InChI is InChI=1S/C11H16BrNO3/c12-10-7-9(1-2-11(10)15)8-13-3-5-16-6-4-14/h1-2,7,13-15H,3-6,8H2. The van der Waals surface area contributed by atoms with Crippen molar-refractivity contribution < 1.29 is 14.9 Å². The zero-order valence-corrected chi connectivity index (χ0v) is 10.5. The molecule has 0 aliphatic rings. The maximum absolute atomic E-state index is 9.30. The lowest BCUT2D eigenvalue weighted by Gasteiger charge is -2.06. The first-order valence-corrected chi connectivity index (χ1v) is 5.90. The van der Waals surface area contributed by atoms with E-state index in [0.717, 1.165) is 18.7 Å². The average molecular weight is 290 g/mol. The normalized spacial score (nSPS) is 10.6. The summed E-state index contributed by atoms with van der Waals surface area (Å²) in [5, 5.41) is 21.0. The van der Waals surface area contributed by atoms with Crippen molar-refractivity contribution in [3.63, 3.8) is 0 Å². The molecule has 0 aliphatic heterocycles. The highest BCUT2D eigenvalue weighted by molar-refractivity contribution is 9.10. The summed E-state index contributed by atoms with van der Waals surface area (Å²) in [6.45, 7) is 2.48. The Balaban J connectivity index is 2.19. The summed E-state index contributed by atoms with van der Waals surface area (Å²) in [6.07, 6.45) is 0. The fourth-order valence-corrected chi connectivity index (χ4v) is 1.63. The number of aliphatic hydroxyl groups excluding tert-OH is 1. The van der Waals surface area contributed by atoms with Crippen LogP contribution in [-0.4, -0.2) is 36.6 Å². The quantitative estimate of drug-likeness (QED) is 0.662. The van der Waals surface area contributed by atoms with Crippen LogP contribution in [0, 0.1) is 0 Å². The van der Waals surface area contributed by atoms with E-state index in [4.69, 9.17) is 9.84 Å². The highest BCUT2D eigenvalue weighted by Crippen LogP contribution is 2.23. The molecule has 0 spiro atoms. The van der Waals surface area contributed by atoms with E-state index in [-0.39, 0.29) is 12.4 Å². The molecule has 0 heterocycles. The molecule has 0 saturated heterocycles. The van der Waals surface area contributed by atoms with Crippen LogP contribution in [0.15, 0.2) is 22.7 Å². The van der Waals surface area contributed by atoms with Crippen molar-refractivity contribution in [2.45, 2.75) is 6.54 Å². The second-order valence-electron chi connectivity index (χ2n) is 3.30. The largest absolute Gasteiger partial charge is 0.507 e. The van der Waals surface area contributed by atoms with Crippen molar-refractivity contribution in [2.75, 3.05) is 26.4 Å². The molecule has 0 fully saturated rings. The van der Waals surface area contributed by atoms with E-state index in [9.17, 15) is 5.11 Å². The summed E-state index contributed by atoms with van der Waals surface area (Å²) < 4.78 is 5.80. The lowest BCUT2D eigenvalue weighted by atomic mass is 10.2. The van der Waals surface area contributed by atoms with Crippen molar-refractivity contribution in [3.05, 3.63) is 28.2 Å². The molecule has 0 radical (unpaired) electrons. The van der Waals surface area contributed by atoms with Crippen LogP contribution in [0.3, 0.4) is 0 Å². The Morgan fingerprint density at radius 2 is 2.12 bits per heavy atom. The zero-order chi connectivity index (χ0) is 11.8. The van der Waals surface area contributed by atoms with Crippen LogP contribution >= 0.6 is 15.9 Å². The second-order valence-corrected chi connectivity index (χ2v) is 4.15. The Morgan fingerprint density at radius 1 is 1.31 bits per heavy atom. The lowest BCUT2D eigenvalue weighted by Crippen LogP contribution is -2.19. The van der Waals surface area contributed by atoms with Crippen LogP contribution in [0.4, 0.5) is 0 Å². The topological polar surface area (TPSA) is 61.7 Å². The van der Waals surface area contributed by atoms with Gasteiger partial charge in [-0.15, -0.1) is 0 Å². The Labute approximate surface area is 103 Å². The molecule has 1 aromatic rings. The third-order valence-electron chi connectivity index (χ3n) is 2.00. The number of phenolic OH excluding ortho intramolecular Hbond substituents is 1. The average Bonchev–Trinajstić information content (AvgIpc) is 2.28. The summed E-state index contributed by atoms with van der Waals surface area (Å²) >= 11 is 3.26. The first-order chi connectivity index (χ1) is 7.74. The Hall–Kier alpha value is -0.620. The van der Waals surface area contributed by atoms with E-state index in [1.807, 2.05) is 12.1 Å². The molecule has 3 N–H and O–H groups in total. The summed E-state index contributed by atoms with van der Waals surface area (Å²) in [7, 11) is 0. The number of aliphatic hydroxyl groups is 1. The molecule has 5 heteroatoms. The van der Waals surface area contributed by atoms with Crippen molar-refractivity contribution in [1.82, 2.24) is 5.32 Å². The number of phenols is 1. The predicted molar refractivity (Wildman–Crippen MR) is 65.4 cm³/mol. The van der Waals surface area contributed by atoms with Gasteiger partial charge in [-0.05, 0) is 33.6 Å². The second kappa shape index (κ2) is 7.62. The molecule has 1 rings (SSSR count). The number of hydrogen-bond acceptors (Lipinski definition) is 4. The van der Waals surface area contributed by atoms with E-state index in [1.54, 1.807) is 6.07 Å². The van der Waals surface area contributed by atoms with Crippen LogP contribution in [0.2, 0.25) is 0 Å². The van der Waals surface area contributed by atoms with Gasteiger partial charge in [-0.25, -0.2) is 0 Å². The maximum atomic E-state index is 9.30. The fourth-order valence-electron chi connectivity index (χ4n) is 1.20. The van der Waals surface area contributed by atoms with Gasteiger partial charge in [0.05, 0.1) is 24.3 Å². The molecule has 0 atom stereocenters. The number of ether oxygens (including phenoxy) is 1. The number of rotatable bonds is 7. The molecule has 1 aromatic carbocycles. The van der Waals surface area contributed by atoms with E-state index in [0.29, 0.717) is 17.7 Å². The molecular formula is C11H16BrNO3. The lowest BCUT2D eigenvalue weighted by molar-refractivity contribution is 0.0938. The molecule has 4 nitrogen and oxygen atoms in total. The SMILES string of the molecule is OCCOCCNCc1ccc(O)c(Br)c1. The first-order valence-electron chi connectivity index (χ1n) is 5.10.